The number of methoxy groups -OCH3 is 1. The Morgan fingerprint density at radius 3 is 2.71 bits per heavy atom. The molecule has 114 valence electrons. The van der Waals surface area contributed by atoms with Crippen LogP contribution in [0.15, 0.2) is 18.2 Å². The maximum absolute atomic E-state index is 14.2. The second-order valence-electron chi connectivity index (χ2n) is 5.24. The highest BCUT2D eigenvalue weighted by Gasteiger charge is 2.34. The molecular weight excluding hydrogens is 277 g/mol. The molecule has 2 unspecified atom stereocenters. The summed E-state index contributed by atoms with van der Waals surface area (Å²) in [5, 5.41) is 9.10. The number of carbonyl (C=O) groups is 2. The van der Waals surface area contributed by atoms with Crippen molar-refractivity contribution in [2.75, 3.05) is 13.7 Å². The standard InChI is InChI=1S/C15H18FNO4/c1-9-6-7-10(15(19)20)8-17(9)14(18)11-4-3-5-12(21-2)13(11)16/h3-5,9-10H,6-8H2,1-2H3,(H,19,20). The van der Waals surface area contributed by atoms with Gasteiger partial charge in [0.2, 0.25) is 0 Å². The number of hydrogen-bond acceptors (Lipinski definition) is 3. The molecular formula is C15H18FNO4. The maximum Gasteiger partial charge on any atom is 0.308 e. The number of carboxylic acid groups (broad SMARTS) is 1. The average molecular weight is 295 g/mol. The molecule has 21 heavy (non-hydrogen) atoms. The second-order valence-corrected chi connectivity index (χ2v) is 5.24. The molecule has 1 aromatic carbocycles. The van der Waals surface area contributed by atoms with Crippen molar-refractivity contribution in [3.05, 3.63) is 29.6 Å². The van der Waals surface area contributed by atoms with Gasteiger partial charge in [-0.3, -0.25) is 9.59 Å². The summed E-state index contributed by atoms with van der Waals surface area (Å²) in [6, 6.07) is 4.25. The summed E-state index contributed by atoms with van der Waals surface area (Å²) in [4.78, 5) is 25.0. The quantitative estimate of drug-likeness (QED) is 0.928. The number of nitrogens with zero attached hydrogens (tertiary/aromatic N) is 1. The molecule has 1 aliphatic rings. The number of amides is 1. The van der Waals surface area contributed by atoms with Crippen molar-refractivity contribution in [2.45, 2.75) is 25.8 Å². The van der Waals surface area contributed by atoms with Crippen LogP contribution in [0.4, 0.5) is 4.39 Å². The van der Waals surface area contributed by atoms with Gasteiger partial charge >= 0.3 is 5.97 Å². The zero-order valence-electron chi connectivity index (χ0n) is 12.0. The minimum atomic E-state index is -0.925. The number of piperidine rings is 1. The van der Waals surface area contributed by atoms with Gasteiger partial charge in [0.1, 0.15) is 0 Å². The first-order valence-electron chi connectivity index (χ1n) is 6.82. The zero-order valence-corrected chi connectivity index (χ0v) is 12.0. The van der Waals surface area contributed by atoms with Gasteiger partial charge in [-0.2, -0.15) is 0 Å². The summed E-state index contributed by atoms with van der Waals surface area (Å²) in [5.41, 5.74) is -0.0905. The number of likely N-dealkylation sites (tertiary alicyclic amines) is 1. The lowest BCUT2D eigenvalue weighted by molar-refractivity contribution is -0.143. The van der Waals surface area contributed by atoms with Gasteiger partial charge in [0.15, 0.2) is 11.6 Å². The van der Waals surface area contributed by atoms with Gasteiger partial charge in [-0.25, -0.2) is 4.39 Å². The van der Waals surface area contributed by atoms with Crippen molar-refractivity contribution in [1.29, 1.82) is 0 Å². The summed E-state index contributed by atoms with van der Waals surface area (Å²) in [6.07, 6.45) is 1.12. The number of rotatable bonds is 3. The van der Waals surface area contributed by atoms with E-state index in [1.165, 1.54) is 24.1 Å². The van der Waals surface area contributed by atoms with Crippen molar-refractivity contribution in [1.82, 2.24) is 4.90 Å². The van der Waals surface area contributed by atoms with Crippen molar-refractivity contribution < 1.29 is 23.8 Å². The fraction of sp³-hybridized carbons (Fsp3) is 0.467. The molecule has 0 aliphatic carbocycles. The molecule has 0 saturated carbocycles. The molecule has 1 N–H and O–H groups in total. The Hall–Kier alpha value is -2.11. The Morgan fingerprint density at radius 1 is 1.38 bits per heavy atom. The van der Waals surface area contributed by atoms with Crippen LogP contribution in [0.3, 0.4) is 0 Å². The van der Waals surface area contributed by atoms with E-state index in [4.69, 9.17) is 9.84 Å². The highest BCUT2D eigenvalue weighted by atomic mass is 19.1. The van der Waals surface area contributed by atoms with Crippen LogP contribution in [-0.2, 0) is 4.79 Å². The number of hydrogen-bond donors (Lipinski definition) is 1. The lowest BCUT2D eigenvalue weighted by Crippen LogP contribution is -2.47. The van der Waals surface area contributed by atoms with Crippen molar-refractivity contribution >= 4 is 11.9 Å². The van der Waals surface area contributed by atoms with Crippen LogP contribution in [0.2, 0.25) is 0 Å². The van der Waals surface area contributed by atoms with E-state index in [9.17, 15) is 14.0 Å². The fourth-order valence-corrected chi connectivity index (χ4v) is 2.58. The highest BCUT2D eigenvalue weighted by Crippen LogP contribution is 2.27. The van der Waals surface area contributed by atoms with E-state index in [-0.39, 0.29) is 23.9 Å². The number of benzene rings is 1. The highest BCUT2D eigenvalue weighted by molar-refractivity contribution is 5.95. The minimum absolute atomic E-state index is 0.000275. The maximum atomic E-state index is 14.2. The van der Waals surface area contributed by atoms with E-state index in [2.05, 4.69) is 0 Å². The minimum Gasteiger partial charge on any atom is -0.494 e. The van der Waals surface area contributed by atoms with Crippen LogP contribution in [0.1, 0.15) is 30.1 Å². The zero-order chi connectivity index (χ0) is 15.6. The molecule has 2 rings (SSSR count). The Bertz CT molecular complexity index is 561. The van der Waals surface area contributed by atoms with Gasteiger partial charge < -0.3 is 14.7 Å². The molecule has 2 atom stereocenters. The Balaban J connectivity index is 2.28. The molecule has 0 radical (unpaired) electrons. The number of carboxylic acids is 1. The van der Waals surface area contributed by atoms with E-state index >= 15 is 0 Å². The van der Waals surface area contributed by atoms with Crippen LogP contribution in [0.5, 0.6) is 5.75 Å². The van der Waals surface area contributed by atoms with Gasteiger partial charge in [-0.15, -0.1) is 0 Å². The molecule has 1 aliphatic heterocycles. The normalized spacial score (nSPS) is 22.0. The Kier molecular flexibility index (Phi) is 4.45. The molecule has 0 bridgehead atoms. The van der Waals surface area contributed by atoms with Gasteiger partial charge in [0, 0.05) is 12.6 Å². The summed E-state index contributed by atoms with van der Waals surface area (Å²) in [5.74, 6) is -2.73. The van der Waals surface area contributed by atoms with Crippen LogP contribution >= 0.6 is 0 Å². The molecule has 1 fully saturated rings. The van der Waals surface area contributed by atoms with E-state index in [1.54, 1.807) is 6.07 Å². The number of ether oxygens (including phenoxy) is 1. The molecule has 1 saturated heterocycles. The first kappa shape index (κ1) is 15.3. The Labute approximate surface area is 122 Å². The van der Waals surface area contributed by atoms with Crippen LogP contribution < -0.4 is 4.74 Å². The molecule has 1 heterocycles. The van der Waals surface area contributed by atoms with Gasteiger partial charge in [0.05, 0.1) is 18.6 Å². The van der Waals surface area contributed by atoms with Crippen molar-refractivity contribution in [3.8, 4) is 5.75 Å². The lowest BCUT2D eigenvalue weighted by Gasteiger charge is -2.36. The second kappa shape index (κ2) is 6.11. The van der Waals surface area contributed by atoms with Crippen LogP contribution in [-0.4, -0.2) is 41.6 Å². The average Bonchev–Trinajstić information content (AvgIpc) is 2.47. The monoisotopic (exact) mass is 295 g/mol. The van der Waals surface area contributed by atoms with Crippen molar-refractivity contribution in [3.63, 3.8) is 0 Å². The van der Waals surface area contributed by atoms with Gasteiger partial charge in [-0.1, -0.05) is 6.07 Å². The Morgan fingerprint density at radius 2 is 2.10 bits per heavy atom. The van der Waals surface area contributed by atoms with Crippen LogP contribution in [0, 0.1) is 11.7 Å². The predicted octanol–water partition coefficient (Wildman–Crippen LogP) is 2.16. The fourth-order valence-electron chi connectivity index (χ4n) is 2.58. The van der Waals surface area contributed by atoms with Crippen LogP contribution in [0.25, 0.3) is 0 Å². The predicted molar refractivity (Wildman–Crippen MR) is 73.8 cm³/mol. The smallest absolute Gasteiger partial charge is 0.308 e. The number of carbonyl (C=O) groups excluding carboxylic acids is 1. The van der Waals surface area contributed by atoms with Gasteiger partial charge in [0.25, 0.3) is 5.91 Å². The third-order valence-electron chi connectivity index (χ3n) is 3.91. The summed E-state index contributed by atoms with van der Waals surface area (Å²) >= 11 is 0. The largest absolute Gasteiger partial charge is 0.494 e. The summed E-state index contributed by atoms with van der Waals surface area (Å²) < 4.78 is 19.0. The van der Waals surface area contributed by atoms with Crippen molar-refractivity contribution in [2.24, 2.45) is 5.92 Å². The topological polar surface area (TPSA) is 66.8 Å². The third-order valence-corrected chi connectivity index (χ3v) is 3.91. The summed E-state index contributed by atoms with van der Waals surface area (Å²) in [6.45, 7) is 1.94. The van der Waals surface area contributed by atoms with Gasteiger partial charge in [-0.05, 0) is 31.9 Å². The molecule has 5 nitrogen and oxygen atoms in total. The number of halogens is 1. The molecule has 1 amide bonds. The third kappa shape index (κ3) is 2.99. The van der Waals surface area contributed by atoms with E-state index < -0.39 is 23.6 Å². The van der Waals surface area contributed by atoms with E-state index in [0.717, 1.165) is 0 Å². The lowest BCUT2D eigenvalue weighted by atomic mass is 9.93. The molecule has 0 spiro atoms. The first-order valence-corrected chi connectivity index (χ1v) is 6.82. The van der Waals surface area contributed by atoms with E-state index in [0.29, 0.717) is 12.8 Å². The molecule has 0 aromatic heterocycles. The summed E-state index contributed by atoms with van der Waals surface area (Å²) in [7, 11) is 1.33. The first-order chi connectivity index (χ1) is 9.95. The SMILES string of the molecule is COc1cccc(C(=O)N2CC(C(=O)O)CCC2C)c1F. The molecule has 1 aromatic rings. The number of aliphatic carboxylic acids is 1. The van der Waals surface area contributed by atoms with E-state index in [1.807, 2.05) is 6.92 Å². The molecule has 6 heteroatoms.